The van der Waals surface area contributed by atoms with Crippen LogP contribution in [0.15, 0.2) is 28.3 Å². The summed E-state index contributed by atoms with van der Waals surface area (Å²) in [5.41, 5.74) is 1.14. The molecule has 6 nitrogen and oxygen atoms in total. The summed E-state index contributed by atoms with van der Waals surface area (Å²) in [7, 11) is 1.41. The number of fused-ring (bicyclic) bond motifs is 1. The van der Waals surface area contributed by atoms with Gasteiger partial charge in [-0.05, 0) is 18.6 Å². The van der Waals surface area contributed by atoms with Gasteiger partial charge in [-0.15, -0.1) is 0 Å². The van der Waals surface area contributed by atoms with Crippen molar-refractivity contribution in [2.75, 3.05) is 7.11 Å². The van der Waals surface area contributed by atoms with Crippen molar-refractivity contribution in [3.63, 3.8) is 0 Å². The van der Waals surface area contributed by atoms with E-state index in [0.29, 0.717) is 5.65 Å². The van der Waals surface area contributed by atoms with E-state index in [-0.39, 0.29) is 17.0 Å². The molecule has 0 atom stereocenters. The second kappa shape index (κ2) is 4.25. The van der Waals surface area contributed by atoms with Gasteiger partial charge in [-0.3, -0.25) is 9.20 Å². The first-order valence-electron chi connectivity index (χ1n) is 4.92. The lowest BCUT2D eigenvalue weighted by Crippen LogP contribution is -2.21. The molecule has 0 aliphatic carbocycles. The van der Waals surface area contributed by atoms with Crippen molar-refractivity contribution in [2.45, 2.75) is 6.92 Å². The van der Waals surface area contributed by atoms with Crippen LogP contribution in [0.25, 0.3) is 5.65 Å². The molecule has 2 heterocycles. The van der Waals surface area contributed by atoms with E-state index in [0.717, 1.165) is 11.8 Å². The van der Waals surface area contributed by atoms with E-state index in [4.69, 9.17) is 9.94 Å². The highest BCUT2D eigenvalue weighted by Gasteiger charge is 2.12. The van der Waals surface area contributed by atoms with Crippen LogP contribution >= 0.6 is 0 Å². The number of rotatable bonds is 2. The Bertz CT molecular complexity index is 646. The summed E-state index contributed by atoms with van der Waals surface area (Å²) in [4.78, 5) is 16.3. The summed E-state index contributed by atoms with van der Waals surface area (Å²) in [5, 5.41) is 11.4. The van der Waals surface area contributed by atoms with Crippen LogP contribution in [0, 0.1) is 6.92 Å². The summed E-state index contributed by atoms with van der Waals surface area (Å²) in [5.74, 6) is 0.141. The van der Waals surface area contributed by atoms with Crippen LogP contribution in [-0.2, 0) is 0 Å². The molecule has 0 aliphatic rings. The first-order valence-corrected chi connectivity index (χ1v) is 4.92. The fraction of sp³-hybridized carbons (Fsp3) is 0.182. The normalized spacial score (nSPS) is 11.2. The van der Waals surface area contributed by atoms with Crippen molar-refractivity contribution in [3.8, 4) is 5.88 Å². The number of aromatic nitrogens is 2. The molecular weight excluding hydrogens is 222 g/mol. The topological polar surface area (TPSA) is 76.2 Å². The number of nitrogens with zero attached hydrogens (tertiary/aromatic N) is 3. The molecule has 17 heavy (non-hydrogen) atoms. The Morgan fingerprint density at radius 2 is 2.35 bits per heavy atom. The maximum absolute atomic E-state index is 12.1. The predicted molar refractivity (Wildman–Crippen MR) is 62.1 cm³/mol. The number of ether oxygens (including phenoxy) is 1. The average Bonchev–Trinajstić information content (AvgIpc) is 2.33. The van der Waals surface area contributed by atoms with Crippen LogP contribution in [0.3, 0.4) is 0 Å². The summed E-state index contributed by atoms with van der Waals surface area (Å²) in [6.45, 7) is 1.85. The number of hydrogen-bond acceptors (Lipinski definition) is 5. The van der Waals surface area contributed by atoms with Crippen molar-refractivity contribution >= 4 is 11.9 Å². The Labute approximate surface area is 96.8 Å². The molecule has 0 fully saturated rings. The molecule has 88 valence electrons. The standard InChI is InChI=1S/C11H11N3O3/c1-7-4-3-5-14-9(7)13-10(17-2)8(6-12-16)11(14)15/h3-6,16H,1-2H3/b12-6+. The molecule has 0 saturated heterocycles. The maximum Gasteiger partial charge on any atom is 0.270 e. The van der Waals surface area contributed by atoms with E-state index in [2.05, 4.69) is 10.1 Å². The van der Waals surface area contributed by atoms with Gasteiger partial charge in [-0.25, -0.2) is 0 Å². The van der Waals surface area contributed by atoms with E-state index in [1.165, 1.54) is 11.5 Å². The minimum atomic E-state index is -0.339. The lowest BCUT2D eigenvalue weighted by Gasteiger charge is -2.07. The molecule has 2 aromatic rings. The Balaban J connectivity index is 2.93. The lowest BCUT2D eigenvalue weighted by atomic mass is 10.2. The quantitative estimate of drug-likeness (QED) is 0.473. The zero-order chi connectivity index (χ0) is 12.4. The molecule has 0 saturated carbocycles. The van der Waals surface area contributed by atoms with Crippen molar-refractivity contribution in [1.29, 1.82) is 0 Å². The van der Waals surface area contributed by atoms with Gasteiger partial charge in [0.05, 0.1) is 13.3 Å². The van der Waals surface area contributed by atoms with E-state index >= 15 is 0 Å². The number of hydrogen-bond donors (Lipinski definition) is 1. The first-order chi connectivity index (χ1) is 8.19. The highest BCUT2D eigenvalue weighted by atomic mass is 16.5. The largest absolute Gasteiger partial charge is 0.480 e. The first kappa shape index (κ1) is 11.1. The predicted octanol–water partition coefficient (Wildman–Crippen LogP) is 0.820. The summed E-state index contributed by atoms with van der Waals surface area (Å²) in [6.07, 6.45) is 2.62. The van der Waals surface area contributed by atoms with E-state index in [1.807, 2.05) is 13.0 Å². The second-order valence-electron chi connectivity index (χ2n) is 3.47. The van der Waals surface area contributed by atoms with E-state index in [9.17, 15) is 4.79 Å². The molecule has 0 aromatic carbocycles. The minimum absolute atomic E-state index is 0.109. The highest BCUT2D eigenvalue weighted by molar-refractivity contribution is 5.82. The van der Waals surface area contributed by atoms with Gasteiger partial charge in [0.15, 0.2) is 0 Å². The molecule has 2 aromatic heterocycles. The summed E-state index contributed by atoms with van der Waals surface area (Å²) in [6, 6.07) is 3.60. The molecule has 0 spiro atoms. The van der Waals surface area contributed by atoms with Gasteiger partial charge in [-0.1, -0.05) is 11.2 Å². The van der Waals surface area contributed by atoms with Crippen molar-refractivity contribution in [2.24, 2.45) is 5.16 Å². The smallest absolute Gasteiger partial charge is 0.270 e. The monoisotopic (exact) mass is 233 g/mol. The Morgan fingerprint density at radius 1 is 1.59 bits per heavy atom. The molecule has 0 radical (unpaired) electrons. The third-order valence-corrected chi connectivity index (χ3v) is 2.43. The van der Waals surface area contributed by atoms with Crippen LogP contribution in [0.2, 0.25) is 0 Å². The highest BCUT2D eigenvalue weighted by Crippen LogP contribution is 2.13. The molecule has 1 N–H and O–H groups in total. The molecule has 6 heteroatoms. The van der Waals surface area contributed by atoms with Crippen LogP contribution < -0.4 is 10.3 Å². The molecule has 0 unspecified atom stereocenters. The Kier molecular flexibility index (Phi) is 2.78. The summed E-state index contributed by atoms with van der Waals surface area (Å²) >= 11 is 0. The third-order valence-electron chi connectivity index (χ3n) is 2.43. The van der Waals surface area contributed by atoms with Crippen LogP contribution in [-0.4, -0.2) is 27.9 Å². The number of pyridine rings is 1. The van der Waals surface area contributed by atoms with Gasteiger partial charge in [0, 0.05) is 6.20 Å². The van der Waals surface area contributed by atoms with Crippen LogP contribution in [0.1, 0.15) is 11.1 Å². The fourth-order valence-electron chi connectivity index (χ4n) is 1.62. The van der Waals surface area contributed by atoms with Crippen molar-refractivity contribution < 1.29 is 9.94 Å². The summed E-state index contributed by atoms with van der Waals surface area (Å²) < 4.78 is 6.40. The third kappa shape index (κ3) is 1.73. The zero-order valence-electron chi connectivity index (χ0n) is 9.41. The molecule has 0 amide bonds. The SMILES string of the molecule is COc1nc2c(C)cccn2c(=O)c1/C=N/O. The molecule has 0 bridgehead atoms. The maximum atomic E-state index is 12.1. The van der Waals surface area contributed by atoms with Gasteiger partial charge in [0.25, 0.3) is 5.56 Å². The molecule has 2 rings (SSSR count). The van der Waals surface area contributed by atoms with Crippen molar-refractivity contribution in [3.05, 3.63) is 39.8 Å². The van der Waals surface area contributed by atoms with Crippen molar-refractivity contribution in [1.82, 2.24) is 9.38 Å². The Hall–Kier alpha value is -2.37. The fourth-order valence-corrected chi connectivity index (χ4v) is 1.62. The van der Waals surface area contributed by atoms with E-state index in [1.54, 1.807) is 12.3 Å². The zero-order valence-corrected chi connectivity index (χ0v) is 9.41. The van der Waals surface area contributed by atoms with Gasteiger partial charge >= 0.3 is 0 Å². The number of oxime groups is 1. The van der Waals surface area contributed by atoms with Gasteiger partial charge in [0.1, 0.15) is 11.2 Å². The Morgan fingerprint density at radius 3 is 3.00 bits per heavy atom. The van der Waals surface area contributed by atoms with E-state index < -0.39 is 0 Å². The van der Waals surface area contributed by atoms with Gasteiger partial charge in [-0.2, -0.15) is 4.98 Å². The van der Waals surface area contributed by atoms with Gasteiger partial charge in [0.2, 0.25) is 5.88 Å². The number of aryl methyl sites for hydroxylation is 1. The lowest BCUT2D eigenvalue weighted by molar-refractivity contribution is 0.321. The molecular formula is C11H11N3O3. The van der Waals surface area contributed by atoms with Crippen LogP contribution in [0.4, 0.5) is 0 Å². The molecule has 0 aliphatic heterocycles. The van der Waals surface area contributed by atoms with Crippen LogP contribution in [0.5, 0.6) is 5.88 Å². The van der Waals surface area contributed by atoms with Gasteiger partial charge < -0.3 is 9.94 Å². The second-order valence-corrected chi connectivity index (χ2v) is 3.47. The average molecular weight is 233 g/mol. The minimum Gasteiger partial charge on any atom is -0.480 e. The number of methoxy groups -OCH3 is 1.